The zero-order valence-corrected chi connectivity index (χ0v) is 17.5. The first kappa shape index (κ1) is 20.2. The molecule has 0 spiro atoms. The Balaban J connectivity index is 1.37. The van der Waals surface area contributed by atoms with Gasteiger partial charge >= 0.3 is 6.03 Å². The molecule has 1 aliphatic carbocycles. The third-order valence-electron chi connectivity index (χ3n) is 6.73. The number of hydrogen-bond donors (Lipinski definition) is 0. The Labute approximate surface area is 173 Å². The van der Waals surface area contributed by atoms with E-state index in [1.54, 1.807) is 4.90 Å². The molecule has 1 saturated carbocycles. The fourth-order valence-corrected chi connectivity index (χ4v) is 5.13. The summed E-state index contributed by atoms with van der Waals surface area (Å²) < 4.78 is 5.32. The first-order valence-electron chi connectivity index (χ1n) is 11.1. The minimum Gasteiger partial charge on any atom is -0.378 e. The standard InChI is InChI=1S/C23H33N3O3/c1-24(23(28)25-13-15-29-16-14-25)17-18-8-10-20(11-9-18)22(27)26-12-4-6-19-5-2-3-7-21(19)26/h8-11,19,21H,2-7,12-17H2,1H3. The van der Waals surface area contributed by atoms with Crippen LogP contribution >= 0.6 is 0 Å². The number of urea groups is 1. The number of hydrogen-bond acceptors (Lipinski definition) is 3. The quantitative estimate of drug-likeness (QED) is 0.783. The van der Waals surface area contributed by atoms with Crippen molar-refractivity contribution in [3.8, 4) is 0 Å². The van der Waals surface area contributed by atoms with Crippen LogP contribution < -0.4 is 0 Å². The molecule has 2 aliphatic heterocycles. The third-order valence-corrected chi connectivity index (χ3v) is 6.73. The maximum atomic E-state index is 13.1. The highest BCUT2D eigenvalue weighted by molar-refractivity contribution is 5.94. The molecule has 2 atom stereocenters. The van der Waals surface area contributed by atoms with Crippen molar-refractivity contribution in [2.45, 2.75) is 51.1 Å². The predicted octanol–water partition coefficient (Wildman–Crippen LogP) is 3.37. The highest BCUT2D eigenvalue weighted by Gasteiger charge is 2.35. The van der Waals surface area contributed by atoms with Gasteiger partial charge in [-0.25, -0.2) is 4.79 Å². The average molecular weight is 400 g/mol. The summed E-state index contributed by atoms with van der Waals surface area (Å²) in [5, 5.41) is 0. The van der Waals surface area contributed by atoms with Gasteiger partial charge in [-0.2, -0.15) is 0 Å². The van der Waals surface area contributed by atoms with E-state index in [0.29, 0.717) is 44.8 Å². The first-order valence-corrected chi connectivity index (χ1v) is 11.1. The summed E-state index contributed by atoms with van der Waals surface area (Å²) >= 11 is 0. The van der Waals surface area contributed by atoms with Crippen LogP contribution in [0.1, 0.15) is 54.4 Å². The highest BCUT2D eigenvalue weighted by atomic mass is 16.5. The molecule has 3 amide bonds. The second kappa shape index (κ2) is 9.16. The molecule has 158 valence electrons. The molecule has 6 heteroatoms. The van der Waals surface area contributed by atoms with Gasteiger partial charge in [-0.05, 0) is 49.3 Å². The number of rotatable bonds is 3. The van der Waals surface area contributed by atoms with E-state index in [9.17, 15) is 9.59 Å². The Morgan fingerprint density at radius 3 is 2.45 bits per heavy atom. The molecule has 3 fully saturated rings. The minimum atomic E-state index is 0.0325. The first-order chi connectivity index (χ1) is 14.1. The van der Waals surface area contributed by atoms with E-state index in [1.165, 1.54) is 25.7 Å². The van der Waals surface area contributed by atoms with Gasteiger partial charge in [0, 0.05) is 44.8 Å². The van der Waals surface area contributed by atoms with Gasteiger partial charge in [0.1, 0.15) is 0 Å². The van der Waals surface area contributed by atoms with E-state index < -0.39 is 0 Å². The van der Waals surface area contributed by atoms with E-state index in [0.717, 1.165) is 30.5 Å². The van der Waals surface area contributed by atoms with Crippen LogP contribution in [0, 0.1) is 5.92 Å². The molecule has 1 aromatic carbocycles. The zero-order valence-electron chi connectivity index (χ0n) is 17.5. The summed E-state index contributed by atoms with van der Waals surface area (Å²) in [5.74, 6) is 0.867. The van der Waals surface area contributed by atoms with Crippen LogP contribution in [0.5, 0.6) is 0 Å². The van der Waals surface area contributed by atoms with E-state index in [1.807, 2.05) is 36.2 Å². The molecule has 2 heterocycles. The SMILES string of the molecule is CN(Cc1ccc(C(=O)N2CCCC3CCCCC32)cc1)C(=O)N1CCOCC1. The minimum absolute atomic E-state index is 0.0325. The Hall–Kier alpha value is -2.08. The van der Waals surface area contributed by atoms with Crippen molar-refractivity contribution in [2.75, 3.05) is 39.9 Å². The lowest BCUT2D eigenvalue weighted by atomic mass is 9.78. The van der Waals surface area contributed by atoms with Gasteiger partial charge in [0.05, 0.1) is 13.2 Å². The number of nitrogens with zero attached hydrogens (tertiary/aromatic N) is 3. The van der Waals surface area contributed by atoms with Crippen molar-refractivity contribution in [1.82, 2.24) is 14.7 Å². The summed E-state index contributed by atoms with van der Waals surface area (Å²) in [6.45, 7) is 3.93. The van der Waals surface area contributed by atoms with Crippen molar-refractivity contribution in [2.24, 2.45) is 5.92 Å². The van der Waals surface area contributed by atoms with Gasteiger partial charge in [0.15, 0.2) is 0 Å². The maximum Gasteiger partial charge on any atom is 0.320 e. The second-order valence-electron chi connectivity index (χ2n) is 8.69. The molecule has 0 aromatic heterocycles. The molecule has 4 rings (SSSR count). The molecule has 2 unspecified atom stereocenters. The van der Waals surface area contributed by atoms with Gasteiger partial charge in [0.2, 0.25) is 0 Å². The van der Waals surface area contributed by atoms with E-state index in [-0.39, 0.29) is 11.9 Å². The smallest absolute Gasteiger partial charge is 0.320 e. The molecule has 1 aromatic rings. The Morgan fingerprint density at radius 2 is 1.69 bits per heavy atom. The van der Waals surface area contributed by atoms with Crippen LogP contribution in [0.2, 0.25) is 0 Å². The lowest BCUT2D eigenvalue weighted by Crippen LogP contribution is -2.49. The molecule has 0 radical (unpaired) electrons. The van der Waals surface area contributed by atoms with Crippen molar-refractivity contribution in [1.29, 1.82) is 0 Å². The molecular weight excluding hydrogens is 366 g/mol. The van der Waals surface area contributed by atoms with Crippen molar-refractivity contribution in [3.05, 3.63) is 35.4 Å². The van der Waals surface area contributed by atoms with Gasteiger partial charge in [0.25, 0.3) is 5.91 Å². The number of likely N-dealkylation sites (tertiary alicyclic amines) is 1. The molecule has 3 aliphatic rings. The fourth-order valence-electron chi connectivity index (χ4n) is 5.13. The van der Waals surface area contributed by atoms with Crippen LogP contribution in [0.25, 0.3) is 0 Å². The maximum absolute atomic E-state index is 13.1. The Kier molecular flexibility index (Phi) is 6.38. The van der Waals surface area contributed by atoms with Gasteiger partial charge in [-0.15, -0.1) is 0 Å². The molecule has 0 bridgehead atoms. The summed E-state index contributed by atoms with van der Waals surface area (Å²) in [7, 11) is 1.83. The number of piperidine rings is 1. The molecule has 2 saturated heterocycles. The Bertz CT molecular complexity index is 713. The largest absolute Gasteiger partial charge is 0.378 e. The molecule has 29 heavy (non-hydrogen) atoms. The molecule has 0 N–H and O–H groups in total. The van der Waals surface area contributed by atoms with Crippen LogP contribution in [-0.2, 0) is 11.3 Å². The summed E-state index contributed by atoms with van der Waals surface area (Å²) in [6.07, 6.45) is 7.39. The van der Waals surface area contributed by atoms with Gasteiger partial charge < -0.3 is 19.4 Å². The topological polar surface area (TPSA) is 53.1 Å². The Morgan fingerprint density at radius 1 is 1.00 bits per heavy atom. The normalized spacial score (nSPS) is 24.7. The van der Waals surface area contributed by atoms with Gasteiger partial charge in [-0.3, -0.25) is 4.79 Å². The van der Waals surface area contributed by atoms with E-state index in [2.05, 4.69) is 4.90 Å². The summed E-state index contributed by atoms with van der Waals surface area (Å²) in [5.41, 5.74) is 1.81. The van der Waals surface area contributed by atoms with Crippen molar-refractivity contribution in [3.63, 3.8) is 0 Å². The average Bonchev–Trinajstić information content (AvgIpc) is 2.78. The van der Waals surface area contributed by atoms with E-state index in [4.69, 9.17) is 4.74 Å². The van der Waals surface area contributed by atoms with Crippen LogP contribution in [0.3, 0.4) is 0 Å². The molecular formula is C23H33N3O3. The van der Waals surface area contributed by atoms with Crippen LogP contribution in [0.15, 0.2) is 24.3 Å². The van der Waals surface area contributed by atoms with E-state index >= 15 is 0 Å². The predicted molar refractivity (Wildman–Crippen MR) is 112 cm³/mol. The number of morpholine rings is 1. The lowest BCUT2D eigenvalue weighted by molar-refractivity contribution is 0.0390. The number of ether oxygens (including phenoxy) is 1. The number of benzene rings is 1. The highest BCUT2D eigenvalue weighted by Crippen LogP contribution is 2.35. The number of carbonyl (C=O) groups excluding carboxylic acids is 2. The van der Waals surface area contributed by atoms with Gasteiger partial charge in [-0.1, -0.05) is 25.0 Å². The monoisotopic (exact) mass is 399 g/mol. The van der Waals surface area contributed by atoms with Crippen molar-refractivity contribution < 1.29 is 14.3 Å². The third kappa shape index (κ3) is 4.58. The second-order valence-corrected chi connectivity index (χ2v) is 8.69. The van der Waals surface area contributed by atoms with Crippen LogP contribution in [0.4, 0.5) is 4.79 Å². The number of fused-ring (bicyclic) bond motifs is 1. The number of amides is 3. The molecule has 6 nitrogen and oxygen atoms in total. The fraction of sp³-hybridized carbons (Fsp3) is 0.652. The lowest BCUT2D eigenvalue weighted by Gasteiger charge is -2.44. The number of carbonyl (C=O) groups is 2. The summed E-state index contributed by atoms with van der Waals surface area (Å²) in [4.78, 5) is 31.4. The summed E-state index contributed by atoms with van der Waals surface area (Å²) in [6, 6.07) is 8.29. The zero-order chi connectivity index (χ0) is 20.2. The van der Waals surface area contributed by atoms with Crippen LogP contribution in [-0.4, -0.2) is 72.6 Å². The van der Waals surface area contributed by atoms with Crippen molar-refractivity contribution >= 4 is 11.9 Å².